The number of hydrogen-bond donors (Lipinski definition) is 1. The zero-order valence-corrected chi connectivity index (χ0v) is 10.6. The van der Waals surface area contributed by atoms with Crippen molar-refractivity contribution in [3.8, 4) is 0 Å². The third-order valence-electron chi connectivity index (χ3n) is 3.25. The highest BCUT2D eigenvalue weighted by Crippen LogP contribution is 2.51. The third-order valence-corrected chi connectivity index (χ3v) is 4.35. The Labute approximate surface area is 104 Å². The second kappa shape index (κ2) is 4.05. The van der Waals surface area contributed by atoms with E-state index in [-0.39, 0.29) is 11.3 Å². The van der Waals surface area contributed by atoms with Gasteiger partial charge in [-0.1, -0.05) is 0 Å². The van der Waals surface area contributed by atoms with Gasteiger partial charge in [0.25, 0.3) is 0 Å². The highest BCUT2D eigenvalue weighted by molar-refractivity contribution is 7.90. The Bertz CT molecular complexity index is 603. The van der Waals surface area contributed by atoms with E-state index in [1.54, 1.807) is 0 Å². The van der Waals surface area contributed by atoms with Crippen LogP contribution in [-0.2, 0) is 20.0 Å². The summed E-state index contributed by atoms with van der Waals surface area (Å²) in [5.74, 6) is -1.61. The van der Waals surface area contributed by atoms with E-state index in [9.17, 15) is 17.6 Å². The lowest BCUT2D eigenvalue weighted by Gasteiger charge is -2.14. The average molecular weight is 272 g/mol. The fraction of sp³-hybridized carbons (Fsp3) is 0.417. The number of sulfone groups is 1. The minimum Gasteiger partial charge on any atom is -0.481 e. The van der Waals surface area contributed by atoms with Crippen molar-refractivity contribution in [3.05, 3.63) is 29.6 Å². The Morgan fingerprint density at radius 1 is 1.39 bits per heavy atom. The van der Waals surface area contributed by atoms with E-state index < -0.39 is 27.0 Å². The van der Waals surface area contributed by atoms with E-state index in [4.69, 9.17) is 5.11 Å². The molecule has 0 heterocycles. The standard InChI is InChI=1S/C12H13FO4S/c1-18(16,17)10-5-8(4-9(13)6-10)12(2-3-12)7-11(14)15/h4-6H,2-3,7H2,1H3,(H,14,15). The van der Waals surface area contributed by atoms with Crippen LogP contribution in [0.4, 0.5) is 4.39 Å². The van der Waals surface area contributed by atoms with E-state index >= 15 is 0 Å². The van der Waals surface area contributed by atoms with Crippen molar-refractivity contribution in [1.82, 2.24) is 0 Å². The molecule has 1 fully saturated rings. The first-order valence-corrected chi connectivity index (χ1v) is 7.35. The van der Waals surface area contributed by atoms with E-state index in [2.05, 4.69) is 0 Å². The molecule has 0 saturated heterocycles. The number of rotatable bonds is 4. The Hall–Kier alpha value is -1.43. The molecule has 4 nitrogen and oxygen atoms in total. The molecule has 0 radical (unpaired) electrons. The van der Waals surface area contributed by atoms with Gasteiger partial charge >= 0.3 is 5.97 Å². The smallest absolute Gasteiger partial charge is 0.304 e. The molecular formula is C12H13FO4S. The molecule has 1 aliphatic carbocycles. The van der Waals surface area contributed by atoms with E-state index in [1.165, 1.54) is 12.1 Å². The summed E-state index contributed by atoms with van der Waals surface area (Å²) in [6.07, 6.45) is 2.19. The summed E-state index contributed by atoms with van der Waals surface area (Å²) < 4.78 is 36.3. The van der Waals surface area contributed by atoms with Crippen molar-refractivity contribution in [2.75, 3.05) is 6.26 Å². The van der Waals surface area contributed by atoms with E-state index in [0.29, 0.717) is 18.4 Å². The van der Waals surface area contributed by atoms with E-state index in [0.717, 1.165) is 12.3 Å². The SMILES string of the molecule is CS(=O)(=O)c1cc(F)cc(C2(CC(=O)O)CC2)c1. The molecule has 6 heteroatoms. The number of benzene rings is 1. The van der Waals surface area contributed by atoms with Crippen LogP contribution in [0, 0.1) is 5.82 Å². The largest absolute Gasteiger partial charge is 0.481 e. The molecule has 0 atom stereocenters. The number of hydrogen-bond acceptors (Lipinski definition) is 3. The van der Waals surface area contributed by atoms with Crippen LogP contribution in [0.25, 0.3) is 0 Å². The molecule has 0 amide bonds. The maximum atomic E-state index is 13.4. The van der Waals surface area contributed by atoms with Crippen LogP contribution < -0.4 is 0 Å². The number of carboxylic acids is 1. The first kappa shape index (κ1) is 13.0. The molecule has 1 aliphatic rings. The van der Waals surface area contributed by atoms with Crippen molar-refractivity contribution >= 4 is 15.8 Å². The van der Waals surface area contributed by atoms with Crippen LogP contribution in [0.2, 0.25) is 0 Å². The van der Waals surface area contributed by atoms with Gasteiger partial charge in [-0.3, -0.25) is 4.79 Å². The van der Waals surface area contributed by atoms with Gasteiger partial charge in [0, 0.05) is 11.7 Å². The molecule has 0 aromatic heterocycles. The summed E-state index contributed by atoms with van der Waals surface area (Å²) in [6.45, 7) is 0. The van der Waals surface area contributed by atoms with Gasteiger partial charge in [0.15, 0.2) is 9.84 Å². The predicted octanol–water partition coefficient (Wildman–Crippen LogP) is 1.74. The summed E-state index contributed by atoms with van der Waals surface area (Å²) in [4.78, 5) is 10.7. The second-order valence-corrected chi connectivity index (χ2v) is 6.81. The maximum absolute atomic E-state index is 13.4. The summed E-state index contributed by atoms with van der Waals surface area (Å²) in [5, 5.41) is 8.84. The van der Waals surface area contributed by atoms with Crippen molar-refractivity contribution < 1.29 is 22.7 Å². The first-order valence-electron chi connectivity index (χ1n) is 5.46. The summed E-state index contributed by atoms with van der Waals surface area (Å²) >= 11 is 0. The number of carboxylic acid groups (broad SMARTS) is 1. The van der Waals surface area contributed by atoms with Crippen molar-refractivity contribution in [2.45, 2.75) is 29.6 Å². The Kier molecular flexibility index (Phi) is 2.93. The highest BCUT2D eigenvalue weighted by Gasteiger charge is 2.46. The zero-order chi connectivity index (χ0) is 13.6. The lowest BCUT2D eigenvalue weighted by molar-refractivity contribution is -0.137. The van der Waals surface area contributed by atoms with Crippen molar-refractivity contribution in [1.29, 1.82) is 0 Å². The topological polar surface area (TPSA) is 71.4 Å². The van der Waals surface area contributed by atoms with Crippen LogP contribution in [0.5, 0.6) is 0 Å². The summed E-state index contributed by atoms with van der Waals surface area (Å²) in [6, 6.07) is 3.56. The fourth-order valence-electron chi connectivity index (χ4n) is 2.09. The molecule has 1 aromatic rings. The van der Waals surface area contributed by atoms with Crippen LogP contribution in [0.3, 0.4) is 0 Å². The molecule has 1 saturated carbocycles. The Morgan fingerprint density at radius 3 is 2.44 bits per heavy atom. The second-order valence-electron chi connectivity index (χ2n) is 4.80. The molecule has 0 spiro atoms. The monoisotopic (exact) mass is 272 g/mol. The van der Waals surface area contributed by atoms with Crippen LogP contribution in [0.15, 0.2) is 23.1 Å². The average Bonchev–Trinajstić information content (AvgIpc) is 2.95. The van der Waals surface area contributed by atoms with Crippen LogP contribution in [0.1, 0.15) is 24.8 Å². The highest BCUT2D eigenvalue weighted by atomic mass is 32.2. The molecule has 1 N–H and O–H groups in total. The minimum atomic E-state index is -3.50. The molecule has 98 valence electrons. The summed E-state index contributed by atoms with van der Waals surface area (Å²) in [7, 11) is -3.50. The van der Waals surface area contributed by atoms with Crippen LogP contribution >= 0.6 is 0 Å². The quantitative estimate of drug-likeness (QED) is 0.906. The van der Waals surface area contributed by atoms with E-state index in [1.807, 2.05) is 0 Å². The van der Waals surface area contributed by atoms with Gasteiger partial charge in [-0.25, -0.2) is 12.8 Å². The Balaban J connectivity index is 2.47. The van der Waals surface area contributed by atoms with Gasteiger partial charge in [-0.2, -0.15) is 0 Å². The van der Waals surface area contributed by atoms with Gasteiger partial charge in [0.05, 0.1) is 11.3 Å². The minimum absolute atomic E-state index is 0.0976. The molecule has 0 aliphatic heterocycles. The van der Waals surface area contributed by atoms with Crippen molar-refractivity contribution in [2.24, 2.45) is 0 Å². The molecule has 2 rings (SSSR count). The van der Waals surface area contributed by atoms with Gasteiger partial charge in [0.2, 0.25) is 0 Å². The lowest BCUT2D eigenvalue weighted by Crippen LogP contribution is -2.14. The maximum Gasteiger partial charge on any atom is 0.304 e. The molecule has 1 aromatic carbocycles. The predicted molar refractivity (Wildman–Crippen MR) is 62.7 cm³/mol. The molecule has 0 bridgehead atoms. The normalized spacial score (nSPS) is 17.4. The Morgan fingerprint density at radius 2 is 2.00 bits per heavy atom. The van der Waals surface area contributed by atoms with Crippen molar-refractivity contribution in [3.63, 3.8) is 0 Å². The fourth-order valence-corrected chi connectivity index (χ4v) is 2.76. The third kappa shape index (κ3) is 2.53. The first-order chi connectivity index (χ1) is 8.23. The van der Waals surface area contributed by atoms with Gasteiger partial charge in [0.1, 0.15) is 5.82 Å². The van der Waals surface area contributed by atoms with Gasteiger partial charge < -0.3 is 5.11 Å². The molecule has 0 unspecified atom stereocenters. The number of halogens is 1. The van der Waals surface area contributed by atoms with Crippen LogP contribution in [-0.4, -0.2) is 25.7 Å². The summed E-state index contributed by atoms with van der Waals surface area (Å²) in [5.41, 5.74) is -0.127. The lowest BCUT2D eigenvalue weighted by atomic mass is 9.92. The molecule has 18 heavy (non-hydrogen) atoms. The molecular weight excluding hydrogens is 259 g/mol. The number of aliphatic carboxylic acids is 1. The zero-order valence-electron chi connectivity index (χ0n) is 9.81. The van der Waals surface area contributed by atoms with Gasteiger partial charge in [-0.15, -0.1) is 0 Å². The van der Waals surface area contributed by atoms with Gasteiger partial charge in [-0.05, 0) is 36.6 Å². The number of carbonyl (C=O) groups is 1.